The Morgan fingerprint density at radius 1 is 1.27 bits per heavy atom. The summed E-state index contributed by atoms with van der Waals surface area (Å²) in [5, 5.41) is 8.09. The number of hydrazone groups is 1. The molecule has 0 N–H and O–H groups in total. The molecule has 1 aliphatic heterocycles. The summed E-state index contributed by atoms with van der Waals surface area (Å²) in [5.41, 5.74) is 1.54. The molecule has 1 amide bonds. The summed E-state index contributed by atoms with van der Waals surface area (Å²) in [7, 11) is -2.36. The molecule has 0 spiro atoms. The van der Waals surface area contributed by atoms with Crippen LogP contribution in [-0.4, -0.2) is 42.9 Å². The molecule has 1 aromatic carbocycles. The Kier molecular flexibility index (Phi) is 5.79. The average molecular weight is 464 g/mol. The first-order valence-electron chi connectivity index (χ1n) is 9.05. The first-order valence-corrected chi connectivity index (χ1v) is 11.7. The van der Waals surface area contributed by atoms with Gasteiger partial charge in [-0.3, -0.25) is 4.79 Å². The van der Waals surface area contributed by atoms with Gasteiger partial charge in [-0.15, -0.1) is 11.3 Å². The molecular formula is C20H18ClN3O4S2. The van der Waals surface area contributed by atoms with Crippen LogP contribution < -0.4 is 0 Å². The summed E-state index contributed by atoms with van der Waals surface area (Å²) in [6.07, 6.45) is 1.98. The number of halogens is 1. The lowest BCUT2D eigenvalue weighted by Gasteiger charge is -2.22. The van der Waals surface area contributed by atoms with Crippen LogP contribution in [-0.2, 0) is 14.8 Å². The Labute approximate surface area is 183 Å². The minimum Gasteiger partial charge on any atom is -0.467 e. The Morgan fingerprint density at radius 2 is 2.03 bits per heavy atom. The zero-order chi connectivity index (χ0) is 21.3. The molecule has 7 nitrogen and oxygen atoms in total. The van der Waals surface area contributed by atoms with E-state index in [1.807, 2.05) is 12.1 Å². The smallest absolute Gasteiger partial charge is 0.258 e. The van der Waals surface area contributed by atoms with Crippen LogP contribution >= 0.6 is 22.9 Å². The molecule has 1 aliphatic rings. The van der Waals surface area contributed by atoms with Gasteiger partial charge < -0.3 is 4.42 Å². The minimum absolute atomic E-state index is 0.187. The number of hydrogen-bond acceptors (Lipinski definition) is 6. The van der Waals surface area contributed by atoms with Crippen molar-refractivity contribution < 1.29 is 17.6 Å². The zero-order valence-electron chi connectivity index (χ0n) is 15.9. The number of carbonyl (C=O) groups excluding carboxylic acids is 1. The Balaban J connectivity index is 1.60. The van der Waals surface area contributed by atoms with Crippen LogP contribution in [0.2, 0.25) is 5.02 Å². The van der Waals surface area contributed by atoms with E-state index in [-0.39, 0.29) is 10.8 Å². The highest BCUT2D eigenvalue weighted by atomic mass is 35.5. The van der Waals surface area contributed by atoms with Crippen molar-refractivity contribution in [1.29, 1.82) is 0 Å². The molecule has 0 bridgehead atoms. The molecule has 3 aromatic rings. The van der Waals surface area contributed by atoms with Crippen molar-refractivity contribution in [2.24, 2.45) is 5.10 Å². The van der Waals surface area contributed by atoms with Crippen molar-refractivity contribution in [3.63, 3.8) is 0 Å². The summed E-state index contributed by atoms with van der Waals surface area (Å²) in [6, 6.07) is 13.4. The lowest BCUT2D eigenvalue weighted by atomic mass is 10.0. The summed E-state index contributed by atoms with van der Waals surface area (Å²) in [6.45, 7) is -0.338. The number of likely N-dealkylation sites (N-methyl/N-ethyl adjacent to an activating group) is 1. The maximum atomic E-state index is 13.1. The lowest BCUT2D eigenvalue weighted by molar-refractivity contribution is -0.133. The third-order valence-electron chi connectivity index (χ3n) is 4.73. The Morgan fingerprint density at radius 3 is 2.67 bits per heavy atom. The highest BCUT2D eigenvalue weighted by Gasteiger charge is 2.36. The van der Waals surface area contributed by atoms with Crippen LogP contribution in [0.15, 0.2) is 73.9 Å². The average Bonchev–Trinajstić information content (AvgIpc) is 3.49. The molecule has 2 aromatic heterocycles. The molecule has 1 atom stereocenters. The number of amides is 1. The number of carbonyl (C=O) groups is 1. The SMILES string of the molecule is CN(CC(=O)N1N=C(c2ccc(Cl)cc2)C[C@H]1c1ccco1)S(=O)(=O)c1cccs1. The number of hydrogen-bond donors (Lipinski definition) is 0. The quantitative estimate of drug-likeness (QED) is 0.553. The largest absolute Gasteiger partial charge is 0.467 e. The first kappa shape index (κ1) is 20.8. The van der Waals surface area contributed by atoms with Crippen LogP contribution in [0.4, 0.5) is 0 Å². The van der Waals surface area contributed by atoms with E-state index in [1.165, 1.54) is 24.4 Å². The number of benzene rings is 1. The van der Waals surface area contributed by atoms with Crippen molar-refractivity contribution in [3.8, 4) is 0 Å². The fourth-order valence-corrected chi connectivity index (χ4v) is 5.62. The van der Waals surface area contributed by atoms with E-state index in [0.717, 1.165) is 21.2 Å². The molecule has 156 valence electrons. The Bertz CT molecular complexity index is 1160. The molecule has 3 heterocycles. The molecule has 0 saturated carbocycles. The lowest BCUT2D eigenvalue weighted by Crippen LogP contribution is -2.38. The monoisotopic (exact) mass is 463 g/mol. The molecule has 0 fully saturated rings. The summed E-state index contributed by atoms with van der Waals surface area (Å²) in [5.74, 6) is 0.142. The maximum Gasteiger partial charge on any atom is 0.258 e. The summed E-state index contributed by atoms with van der Waals surface area (Å²) >= 11 is 7.08. The standard InChI is InChI=1S/C20H18ClN3O4S2/c1-23(30(26,27)20-5-3-11-29-20)13-19(25)24-17(18-4-2-10-28-18)12-16(22-24)14-6-8-15(21)9-7-14/h2-11,17H,12-13H2,1H3/t17-/m0/s1. The molecule has 30 heavy (non-hydrogen) atoms. The molecule has 10 heteroatoms. The summed E-state index contributed by atoms with van der Waals surface area (Å²) < 4.78 is 32.1. The third-order valence-corrected chi connectivity index (χ3v) is 8.16. The molecule has 0 radical (unpaired) electrons. The highest BCUT2D eigenvalue weighted by molar-refractivity contribution is 7.91. The van der Waals surface area contributed by atoms with Crippen molar-refractivity contribution in [3.05, 3.63) is 76.5 Å². The van der Waals surface area contributed by atoms with Gasteiger partial charge in [0, 0.05) is 18.5 Å². The predicted octanol–water partition coefficient (Wildman–Crippen LogP) is 3.99. The number of furan rings is 1. The molecule has 4 rings (SSSR count). The number of thiophene rings is 1. The van der Waals surface area contributed by atoms with Gasteiger partial charge in [-0.1, -0.05) is 29.8 Å². The second-order valence-corrected chi connectivity index (χ2v) is 10.4. The maximum absolute atomic E-state index is 13.1. The van der Waals surface area contributed by atoms with Crippen LogP contribution in [0.25, 0.3) is 0 Å². The number of rotatable bonds is 6. The van der Waals surface area contributed by atoms with E-state index in [9.17, 15) is 13.2 Å². The van der Waals surface area contributed by atoms with Gasteiger partial charge in [-0.05, 0) is 41.3 Å². The molecule has 0 aliphatic carbocycles. The molecular weight excluding hydrogens is 446 g/mol. The van der Waals surface area contributed by atoms with Gasteiger partial charge in [0.25, 0.3) is 15.9 Å². The van der Waals surface area contributed by atoms with E-state index >= 15 is 0 Å². The Hall–Kier alpha value is -2.46. The second kappa shape index (κ2) is 8.35. The molecule has 0 unspecified atom stereocenters. The van der Waals surface area contributed by atoms with Gasteiger partial charge >= 0.3 is 0 Å². The van der Waals surface area contributed by atoms with Gasteiger partial charge in [-0.2, -0.15) is 9.41 Å². The normalized spacial score (nSPS) is 16.8. The zero-order valence-corrected chi connectivity index (χ0v) is 18.3. The van der Waals surface area contributed by atoms with Gasteiger partial charge in [0.1, 0.15) is 16.0 Å². The topological polar surface area (TPSA) is 83.2 Å². The van der Waals surface area contributed by atoms with Gasteiger partial charge in [0.2, 0.25) is 0 Å². The van der Waals surface area contributed by atoms with Crippen LogP contribution in [0.5, 0.6) is 0 Å². The minimum atomic E-state index is -3.74. The van der Waals surface area contributed by atoms with Crippen molar-refractivity contribution >= 4 is 44.6 Å². The van der Waals surface area contributed by atoms with Crippen molar-refractivity contribution in [1.82, 2.24) is 9.31 Å². The van der Waals surface area contributed by atoms with Gasteiger partial charge in [0.05, 0.1) is 18.5 Å². The van der Waals surface area contributed by atoms with Gasteiger partial charge in [-0.25, -0.2) is 13.4 Å². The van der Waals surface area contributed by atoms with E-state index < -0.39 is 22.0 Å². The fraction of sp³-hybridized carbons (Fsp3) is 0.200. The van der Waals surface area contributed by atoms with Crippen molar-refractivity contribution in [2.45, 2.75) is 16.7 Å². The van der Waals surface area contributed by atoms with Crippen LogP contribution in [0.3, 0.4) is 0 Å². The number of nitrogens with zero attached hydrogens (tertiary/aromatic N) is 3. The summed E-state index contributed by atoms with van der Waals surface area (Å²) in [4.78, 5) is 13.1. The fourth-order valence-electron chi connectivity index (χ4n) is 3.17. The third kappa shape index (κ3) is 4.06. The van der Waals surface area contributed by atoms with Crippen LogP contribution in [0, 0.1) is 0 Å². The van der Waals surface area contributed by atoms with Gasteiger partial charge in [0.15, 0.2) is 0 Å². The van der Waals surface area contributed by atoms with E-state index in [4.69, 9.17) is 16.0 Å². The predicted molar refractivity (Wildman–Crippen MR) is 115 cm³/mol. The first-order chi connectivity index (χ1) is 14.4. The van der Waals surface area contributed by atoms with Crippen LogP contribution in [0.1, 0.15) is 23.8 Å². The number of sulfonamides is 1. The van der Waals surface area contributed by atoms with E-state index in [2.05, 4.69) is 5.10 Å². The highest BCUT2D eigenvalue weighted by Crippen LogP contribution is 2.33. The van der Waals surface area contributed by atoms with E-state index in [1.54, 1.807) is 35.7 Å². The van der Waals surface area contributed by atoms with Crippen molar-refractivity contribution in [2.75, 3.05) is 13.6 Å². The second-order valence-electron chi connectivity index (χ2n) is 6.72. The molecule has 0 saturated heterocycles. The van der Waals surface area contributed by atoms with E-state index in [0.29, 0.717) is 22.9 Å².